The number of nitrogens with one attached hydrogen (secondary N) is 1. The van der Waals surface area contributed by atoms with Crippen LogP contribution in [-0.4, -0.2) is 16.1 Å². The first-order chi connectivity index (χ1) is 10.4. The van der Waals surface area contributed by atoms with Gasteiger partial charge in [0.1, 0.15) is 5.15 Å². The van der Waals surface area contributed by atoms with E-state index in [1.807, 2.05) is 0 Å². The zero-order chi connectivity index (χ0) is 16.3. The summed E-state index contributed by atoms with van der Waals surface area (Å²) < 4.78 is 0. The molecule has 0 saturated carbocycles. The summed E-state index contributed by atoms with van der Waals surface area (Å²) in [6, 6.07) is 5.41. The van der Waals surface area contributed by atoms with Crippen LogP contribution in [-0.2, 0) is 0 Å². The Bertz CT molecular complexity index is 767. The molecule has 0 aliphatic carbocycles. The standard InChI is InChI=1S/C12H6Cl4N4O2/c13-8-2-1-7(20(21)22)3-6(8)5-17-19-12-10(15)4-9(14)11(16)18-12/h1-5H,(H,18,19)/b17-5+. The van der Waals surface area contributed by atoms with Gasteiger partial charge in [0.2, 0.25) is 0 Å². The monoisotopic (exact) mass is 378 g/mol. The molecule has 2 rings (SSSR count). The van der Waals surface area contributed by atoms with Gasteiger partial charge in [-0.3, -0.25) is 15.5 Å². The highest BCUT2D eigenvalue weighted by atomic mass is 35.5. The van der Waals surface area contributed by atoms with Crippen molar-refractivity contribution < 1.29 is 4.92 Å². The third-order valence-electron chi connectivity index (χ3n) is 2.45. The van der Waals surface area contributed by atoms with Crippen LogP contribution in [0.1, 0.15) is 5.56 Å². The van der Waals surface area contributed by atoms with E-state index in [1.54, 1.807) is 0 Å². The molecule has 1 N–H and O–H groups in total. The van der Waals surface area contributed by atoms with Gasteiger partial charge in [-0.15, -0.1) is 0 Å². The van der Waals surface area contributed by atoms with Crippen LogP contribution in [0.5, 0.6) is 0 Å². The van der Waals surface area contributed by atoms with Crippen LogP contribution in [0.25, 0.3) is 0 Å². The third-order valence-corrected chi connectivity index (χ3v) is 3.76. The number of nitro groups is 1. The van der Waals surface area contributed by atoms with Gasteiger partial charge in [0.25, 0.3) is 5.69 Å². The normalized spacial score (nSPS) is 10.9. The van der Waals surface area contributed by atoms with Crippen LogP contribution >= 0.6 is 46.4 Å². The molecule has 0 amide bonds. The molecule has 0 spiro atoms. The maximum atomic E-state index is 10.7. The number of rotatable bonds is 4. The number of hydrazone groups is 1. The molecule has 0 aliphatic rings. The molecule has 0 saturated heterocycles. The fourth-order valence-electron chi connectivity index (χ4n) is 1.43. The molecule has 0 unspecified atom stereocenters. The Morgan fingerprint density at radius 2 is 1.86 bits per heavy atom. The Morgan fingerprint density at radius 1 is 1.14 bits per heavy atom. The SMILES string of the molecule is O=[N+]([O-])c1ccc(Cl)c(/C=N/Nc2nc(Cl)c(Cl)cc2Cl)c1. The maximum Gasteiger partial charge on any atom is 0.270 e. The highest BCUT2D eigenvalue weighted by Crippen LogP contribution is 2.28. The number of anilines is 1. The number of hydrogen-bond donors (Lipinski definition) is 1. The number of nitrogens with zero attached hydrogens (tertiary/aromatic N) is 3. The van der Waals surface area contributed by atoms with E-state index in [-0.39, 0.29) is 26.7 Å². The molecule has 10 heteroatoms. The number of hydrogen-bond acceptors (Lipinski definition) is 5. The van der Waals surface area contributed by atoms with Crippen LogP contribution in [0.4, 0.5) is 11.5 Å². The van der Waals surface area contributed by atoms with E-state index >= 15 is 0 Å². The van der Waals surface area contributed by atoms with Gasteiger partial charge in [-0.25, -0.2) is 4.98 Å². The molecule has 114 valence electrons. The summed E-state index contributed by atoms with van der Waals surface area (Å²) in [6.45, 7) is 0. The summed E-state index contributed by atoms with van der Waals surface area (Å²) in [5.74, 6) is 0.189. The Balaban J connectivity index is 2.21. The Morgan fingerprint density at radius 3 is 2.55 bits per heavy atom. The van der Waals surface area contributed by atoms with Gasteiger partial charge in [0.05, 0.1) is 21.2 Å². The second kappa shape index (κ2) is 7.11. The summed E-state index contributed by atoms with van der Waals surface area (Å²) in [7, 11) is 0. The van der Waals surface area contributed by atoms with Crippen molar-refractivity contribution in [2.45, 2.75) is 0 Å². The molecule has 0 fully saturated rings. The predicted molar refractivity (Wildman–Crippen MR) is 88.6 cm³/mol. The van der Waals surface area contributed by atoms with Crippen molar-refractivity contribution in [1.29, 1.82) is 0 Å². The van der Waals surface area contributed by atoms with Crippen molar-refractivity contribution in [2.75, 3.05) is 5.43 Å². The first-order valence-electron chi connectivity index (χ1n) is 5.63. The molecule has 1 heterocycles. The van der Waals surface area contributed by atoms with Crippen LogP contribution in [0, 0.1) is 10.1 Å². The molecule has 6 nitrogen and oxygen atoms in total. The quantitative estimate of drug-likeness (QED) is 0.349. The lowest BCUT2D eigenvalue weighted by atomic mass is 10.2. The minimum atomic E-state index is -0.529. The van der Waals surface area contributed by atoms with E-state index in [0.29, 0.717) is 10.6 Å². The lowest BCUT2D eigenvalue weighted by Crippen LogP contribution is -1.96. The highest BCUT2D eigenvalue weighted by molar-refractivity contribution is 6.42. The minimum Gasteiger partial charge on any atom is -0.260 e. The summed E-state index contributed by atoms with van der Waals surface area (Å²) in [5.41, 5.74) is 2.82. The molecule has 22 heavy (non-hydrogen) atoms. The van der Waals surface area contributed by atoms with Crippen molar-refractivity contribution in [3.8, 4) is 0 Å². The zero-order valence-electron chi connectivity index (χ0n) is 10.6. The molecule has 1 aromatic carbocycles. The van der Waals surface area contributed by atoms with E-state index < -0.39 is 4.92 Å². The molecule has 0 radical (unpaired) electrons. The van der Waals surface area contributed by atoms with Gasteiger partial charge in [0.15, 0.2) is 5.82 Å². The Kier molecular flexibility index (Phi) is 5.42. The van der Waals surface area contributed by atoms with Crippen molar-refractivity contribution in [1.82, 2.24) is 4.98 Å². The number of pyridine rings is 1. The van der Waals surface area contributed by atoms with Gasteiger partial charge in [-0.05, 0) is 12.1 Å². The first-order valence-corrected chi connectivity index (χ1v) is 7.14. The predicted octanol–water partition coefficient (Wildman–Crippen LogP) is 5.05. The topological polar surface area (TPSA) is 80.4 Å². The summed E-state index contributed by atoms with van der Waals surface area (Å²) >= 11 is 23.4. The minimum absolute atomic E-state index is 0.0668. The van der Waals surface area contributed by atoms with E-state index in [4.69, 9.17) is 46.4 Å². The largest absolute Gasteiger partial charge is 0.270 e. The lowest BCUT2D eigenvalue weighted by molar-refractivity contribution is -0.384. The van der Waals surface area contributed by atoms with Crippen LogP contribution in [0.3, 0.4) is 0 Å². The number of non-ortho nitro benzene ring substituents is 1. The maximum absolute atomic E-state index is 10.7. The first kappa shape index (κ1) is 16.8. The fraction of sp³-hybridized carbons (Fsp3) is 0. The van der Waals surface area contributed by atoms with Gasteiger partial charge in [-0.2, -0.15) is 5.10 Å². The molecular formula is C12H6Cl4N4O2. The molecule has 0 atom stereocenters. The van der Waals surface area contributed by atoms with Crippen molar-refractivity contribution in [3.05, 3.63) is 60.2 Å². The lowest BCUT2D eigenvalue weighted by Gasteiger charge is -2.04. The Labute approximate surface area is 144 Å². The third kappa shape index (κ3) is 3.98. The van der Waals surface area contributed by atoms with E-state index in [2.05, 4.69) is 15.5 Å². The smallest absolute Gasteiger partial charge is 0.260 e. The van der Waals surface area contributed by atoms with Crippen molar-refractivity contribution in [2.24, 2.45) is 5.10 Å². The van der Waals surface area contributed by atoms with Gasteiger partial charge in [-0.1, -0.05) is 46.4 Å². The number of halogens is 4. The second-order valence-electron chi connectivity index (χ2n) is 3.92. The van der Waals surface area contributed by atoms with Crippen LogP contribution < -0.4 is 5.43 Å². The second-order valence-corrected chi connectivity index (χ2v) is 5.50. The van der Waals surface area contributed by atoms with Crippen molar-refractivity contribution >= 4 is 64.1 Å². The number of benzene rings is 1. The van der Waals surface area contributed by atoms with Crippen molar-refractivity contribution in [3.63, 3.8) is 0 Å². The molecule has 0 aliphatic heterocycles. The zero-order valence-corrected chi connectivity index (χ0v) is 13.6. The van der Waals surface area contributed by atoms with Gasteiger partial charge >= 0.3 is 0 Å². The molecular weight excluding hydrogens is 374 g/mol. The average molecular weight is 380 g/mol. The van der Waals surface area contributed by atoms with Gasteiger partial charge in [0, 0.05) is 22.7 Å². The summed E-state index contributed by atoms with van der Waals surface area (Å²) in [4.78, 5) is 14.1. The number of nitro benzene ring substituents is 1. The highest BCUT2D eigenvalue weighted by Gasteiger charge is 2.09. The summed E-state index contributed by atoms with van der Waals surface area (Å²) in [5, 5.41) is 15.4. The van der Waals surface area contributed by atoms with E-state index in [9.17, 15) is 10.1 Å². The van der Waals surface area contributed by atoms with Crippen LogP contribution in [0.2, 0.25) is 20.2 Å². The molecule has 2 aromatic rings. The van der Waals surface area contributed by atoms with E-state index in [0.717, 1.165) is 0 Å². The average Bonchev–Trinajstić information content (AvgIpc) is 2.46. The fourth-order valence-corrected chi connectivity index (χ4v) is 2.14. The Hall–Kier alpha value is -1.60. The van der Waals surface area contributed by atoms with E-state index in [1.165, 1.54) is 30.5 Å². The van der Waals surface area contributed by atoms with Crippen LogP contribution in [0.15, 0.2) is 29.4 Å². The molecule has 1 aromatic heterocycles. The summed E-state index contributed by atoms with van der Waals surface area (Å²) in [6.07, 6.45) is 1.30. The van der Waals surface area contributed by atoms with Gasteiger partial charge < -0.3 is 0 Å². The number of aromatic nitrogens is 1. The molecule has 0 bridgehead atoms.